The Morgan fingerprint density at radius 1 is 1.25 bits per heavy atom. The maximum Gasteiger partial charge on any atom is 0.282 e. The van der Waals surface area contributed by atoms with Crippen LogP contribution >= 0.6 is 0 Å². The Balaban J connectivity index is 2.09. The van der Waals surface area contributed by atoms with Crippen LogP contribution in [0.3, 0.4) is 0 Å². The summed E-state index contributed by atoms with van der Waals surface area (Å²) in [6.07, 6.45) is 3.59. The molecular formula is C14H25N3O2S. The smallest absolute Gasteiger partial charge is 0.198 e. The molecule has 2 rings (SSSR count). The summed E-state index contributed by atoms with van der Waals surface area (Å²) in [5, 5.41) is 8.74. The second-order valence-corrected chi connectivity index (χ2v) is 8.41. The van der Waals surface area contributed by atoms with Crippen LogP contribution in [-0.2, 0) is 10.2 Å². The Bertz CT molecular complexity index is 457. The van der Waals surface area contributed by atoms with Gasteiger partial charge < -0.3 is 0 Å². The van der Waals surface area contributed by atoms with Gasteiger partial charge in [-0.1, -0.05) is 13.8 Å². The third-order valence-electron chi connectivity index (χ3n) is 4.12. The highest BCUT2D eigenvalue weighted by Gasteiger charge is 2.37. The highest BCUT2D eigenvalue weighted by Crippen LogP contribution is 2.32. The van der Waals surface area contributed by atoms with Gasteiger partial charge in [-0.3, -0.25) is 0 Å². The molecule has 2 atom stereocenters. The molecule has 1 saturated heterocycles. The predicted molar refractivity (Wildman–Crippen MR) is 78.0 cm³/mol. The average Bonchev–Trinajstić information content (AvgIpc) is 3.17. The summed E-state index contributed by atoms with van der Waals surface area (Å²) >= 11 is 0. The minimum absolute atomic E-state index is 0.269. The number of nitrogens with zero attached hydrogens (tertiary/aromatic N) is 3. The quantitative estimate of drug-likeness (QED) is 0.751. The van der Waals surface area contributed by atoms with Crippen LogP contribution in [0, 0.1) is 29.1 Å². The first-order chi connectivity index (χ1) is 9.43. The van der Waals surface area contributed by atoms with Crippen LogP contribution in [0.1, 0.15) is 39.5 Å². The van der Waals surface area contributed by atoms with Crippen LogP contribution < -0.4 is 0 Å². The maximum atomic E-state index is 12.8. The van der Waals surface area contributed by atoms with Crippen molar-refractivity contribution in [1.29, 1.82) is 5.26 Å². The van der Waals surface area contributed by atoms with Crippen molar-refractivity contribution >= 4 is 10.2 Å². The molecule has 0 aromatic carbocycles. The minimum Gasteiger partial charge on any atom is -0.198 e. The summed E-state index contributed by atoms with van der Waals surface area (Å²) in [6.45, 7) is 6.36. The first kappa shape index (κ1) is 15.7. The van der Waals surface area contributed by atoms with Gasteiger partial charge in [-0.2, -0.15) is 22.3 Å². The number of piperidine rings is 1. The minimum atomic E-state index is -3.40. The highest BCUT2D eigenvalue weighted by molar-refractivity contribution is 7.86. The standard InChI is InChI=1S/C14H25N3O2S/c1-12-8-13(2)10-17(9-12)20(18,19)16(7-3-6-15)11-14-4-5-14/h12-14H,3-5,7-11H2,1-2H3. The lowest BCUT2D eigenvalue weighted by molar-refractivity contribution is 0.208. The van der Waals surface area contributed by atoms with Crippen molar-refractivity contribution in [2.45, 2.75) is 39.5 Å². The van der Waals surface area contributed by atoms with Gasteiger partial charge in [0.2, 0.25) is 0 Å². The molecule has 0 N–H and O–H groups in total. The molecule has 1 saturated carbocycles. The fourth-order valence-corrected chi connectivity index (χ4v) is 4.95. The van der Waals surface area contributed by atoms with Crippen molar-refractivity contribution in [1.82, 2.24) is 8.61 Å². The van der Waals surface area contributed by atoms with Crippen LogP contribution in [0.25, 0.3) is 0 Å². The summed E-state index contributed by atoms with van der Waals surface area (Å²) in [7, 11) is -3.40. The molecule has 114 valence electrons. The van der Waals surface area contributed by atoms with Gasteiger partial charge in [0, 0.05) is 32.6 Å². The van der Waals surface area contributed by atoms with E-state index in [9.17, 15) is 8.42 Å². The summed E-state index contributed by atoms with van der Waals surface area (Å²) in [4.78, 5) is 0. The van der Waals surface area contributed by atoms with Gasteiger partial charge in [-0.15, -0.1) is 0 Å². The largest absolute Gasteiger partial charge is 0.282 e. The van der Waals surface area contributed by atoms with Gasteiger partial charge >= 0.3 is 0 Å². The third-order valence-corrected chi connectivity index (χ3v) is 6.05. The van der Waals surface area contributed by atoms with Crippen molar-refractivity contribution in [3.05, 3.63) is 0 Å². The van der Waals surface area contributed by atoms with Gasteiger partial charge in [0.15, 0.2) is 0 Å². The van der Waals surface area contributed by atoms with Crippen molar-refractivity contribution in [2.75, 3.05) is 26.2 Å². The Hall–Kier alpha value is -0.640. The number of hydrogen-bond donors (Lipinski definition) is 0. The lowest BCUT2D eigenvalue weighted by Crippen LogP contribution is -2.50. The van der Waals surface area contributed by atoms with Crippen LogP contribution in [0.4, 0.5) is 0 Å². The van der Waals surface area contributed by atoms with Crippen LogP contribution in [-0.4, -0.2) is 43.2 Å². The predicted octanol–water partition coefficient (Wildman–Crippen LogP) is 1.83. The van der Waals surface area contributed by atoms with Crippen molar-refractivity contribution in [2.24, 2.45) is 17.8 Å². The molecule has 1 aliphatic carbocycles. The van der Waals surface area contributed by atoms with Crippen molar-refractivity contribution < 1.29 is 8.42 Å². The van der Waals surface area contributed by atoms with E-state index in [0.29, 0.717) is 43.9 Å². The van der Waals surface area contributed by atoms with Crippen molar-refractivity contribution in [3.63, 3.8) is 0 Å². The molecule has 1 aliphatic heterocycles. The Kier molecular flexibility index (Phi) is 5.05. The molecule has 0 bridgehead atoms. The van der Waals surface area contributed by atoms with E-state index in [2.05, 4.69) is 19.9 Å². The van der Waals surface area contributed by atoms with E-state index < -0.39 is 10.2 Å². The van der Waals surface area contributed by atoms with Gasteiger partial charge in [0.25, 0.3) is 10.2 Å². The molecular weight excluding hydrogens is 274 g/mol. The number of rotatable bonds is 6. The first-order valence-electron chi connectivity index (χ1n) is 7.55. The molecule has 2 aliphatic rings. The van der Waals surface area contributed by atoms with E-state index in [-0.39, 0.29) is 6.42 Å². The van der Waals surface area contributed by atoms with Gasteiger partial charge in [-0.05, 0) is 37.0 Å². The normalized spacial score (nSPS) is 28.5. The molecule has 6 heteroatoms. The van der Waals surface area contributed by atoms with Gasteiger partial charge in [0.05, 0.1) is 6.07 Å². The second kappa shape index (κ2) is 6.42. The molecule has 0 spiro atoms. The van der Waals surface area contributed by atoms with E-state index in [1.54, 1.807) is 8.61 Å². The van der Waals surface area contributed by atoms with E-state index in [0.717, 1.165) is 19.3 Å². The summed E-state index contributed by atoms with van der Waals surface area (Å²) in [5.74, 6) is 1.32. The molecule has 0 radical (unpaired) electrons. The van der Waals surface area contributed by atoms with E-state index >= 15 is 0 Å². The van der Waals surface area contributed by atoms with Crippen LogP contribution in [0.2, 0.25) is 0 Å². The van der Waals surface area contributed by atoms with E-state index in [1.807, 2.05) is 0 Å². The Labute approximate surface area is 122 Å². The average molecular weight is 299 g/mol. The maximum absolute atomic E-state index is 12.8. The highest BCUT2D eigenvalue weighted by atomic mass is 32.2. The molecule has 20 heavy (non-hydrogen) atoms. The Morgan fingerprint density at radius 3 is 2.35 bits per heavy atom. The second-order valence-electron chi connectivity index (χ2n) is 6.48. The van der Waals surface area contributed by atoms with Crippen molar-refractivity contribution in [3.8, 4) is 6.07 Å². The lowest BCUT2D eigenvalue weighted by Gasteiger charge is -2.37. The zero-order valence-electron chi connectivity index (χ0n) is 12.5. The summed E-state index contributed by atoms with van der Waals surface area (Å²) in [6, 6.07) is 2.06. The lowest BCUT2D eigenvalue weighted by atomic mass is 9.94. The van der Waals surface area contributed by atoms with Gasteiger partial charge in [0.1, 0.15) is 0 Å². The number of hydrogen-bond acceptors (Lipinski definition) is 3. The number of nitriles is 1. The zero-order valence-corrected chi connectivity index (χ0v) is 13.3. The SMILES string of the molecule is CC1CC(C)CN(S(=O)(=O)N(CCC#N)CC2CC2)C1. The third kappa shape index (κ3) is 3.94. The van der Waals surface area contributed by atoms with E-state index in [1.165, 1.54) is 0 Å². The van der Waals surface area contributed by atoms with Crippen LogP contribution in [0.15, 0.2) is 0 Å². The molecule has 0 aromatic rings. The topological polar surface area (TPSA) is 64.4 Å². The summed E-state index contributed by atoms with van der Waals surface area (Å²) < 4.78 is 28.7. The summed E-state index contributed by atoms with van der Waals surface area (Å²) in [5.41, 5.74) is 0. The zero-order chi connectivity index (χ0) is 14.8. The molecule has 2 fully saturated rings. The fraction of sp³-hybridized carbons (Fsp3) is 0.929. The first-order valence-corrected chi connectivity index (χ1v) is 8.95. The molecule has 5 nitrogen and oxygen atoms in total. The molecule has 0 amide bonds. The fourth-order valence-electron chi connectivity index (χ4n) is 3.02. The van der Waals surface area contributed by atoms with Gasteiger partial charge in [-0.25, -0.2) is 0 Å². The van der Waals surface area contributed by atoms with E-state index in [4.69, 9.17) is 5.26 Å². The Morgan fingerprint density at radius 2 is 1.85 bits per heavy atom. The molecule has 1 heterocycles. The van der Waals surface area contributed by atoms with Crippen LogP contribution in [0.5, 0.6) is 0 Å². The molecule has 2 unspecified atom stereocenters. The molecule has 0 aromatic heterocycles. The monoisotopic (exact) mass is 299 g/mol.